The Morgan fingerprint density at radius 1 is 0.562 bits per heavy atom. The summed E-state index contributed by atoms with van der Waals surface area (Å²) in [5, 5.41) is 20.5. The van der Waals surface area contributed by atoms with Crippen LogP contribution in [0.4, 0.5) is 0 Å². The van der Waals surface area contributed by atoms with E-state index in [-0.39, 0.29) is 11.1 Å². The second kappa shape index (κ2) is 8.99. The summed E-state index contributed by atoms with van der Waals surface area (Å²) in [6, 6.07) is 3.50. The molecule has 2 N–H and O–H groups in total. The van der Waals surface area contributed by atoms with Crippen molar-refractivity contribution in [2.75, 3.05) is 0 Å². The average molecular weight is 433 g/mol. The second-order valence-corrected chi connectivity index (χ2v) is 8.61. The van der Waals surface area contributed by atoms with Crippen LogP contribution in [0.3, 0.4) is 0 Å². The van der Waals surface area contributed by atoms with Crippen molar-refractivity contribution >= 4 is 34.2 Å². The molecule has 32 heavy (non-hydrogen) atoms. The lowest BCUT2D eigenvalue weighted by molar-refractivity contribution is -0.132. The maximum atomic E-state index is 12.6. The summed E-state index contributed by atoms with van der Waals surface area (Å²) in [7, 11) is 0. The van der Waals surface area contributed by atoms with E-state index in [9.17, 15) is 19.8 Å². The molecule has 0 amide bonds. The molecule has 2 aromatic rings. The predicted molar refractivity (Wildman–Crippen MR) is 133 cm³/mol. The number of hydrogen-bond donors (Lipinski definition) is 2. The highest BCUT2D eigenvalue weighted by atomic mass is 16.4. The van der Waals surface area contributed by atoms with Gasteiger partial charge in [-0.15, -0.1) is 0 Å². The number of hydrogen-bond acceptors (Lipinski definition) is 2. The smallest absolute Gasteiger partial charge is 0.337 e. The number of allylic oxidation sites excluding steroid dienone is 2. The SMILES string of the molecule is C=C(C)c1cc(C(C(=O)O)=C(C(=O)O)c2cc(C(=C)C)c(C)c(C)c2C)c(C)c(C)c1C. The van der Waals surface area contributed by atoms with Crippen molar-refractivity contribution in [2.24, 2.45) is 0 Å². The summed E-state index contributed by atoms with van der Waals surface area (Å²) >= 11 is 0. The quantitative estimate of drug-likeness (QED) is 0.394. The van der Waals surface area contributed by atoms with E-state index in [2.05, 4.69) is 13.2 Å². The summed E-state index contributed by atoms with van der Waals surface area (Å²) in [4.78, 5) is 25.1. The molecular formula is C28H32O4. The van der Waals surface area contributed by atoms with Gasteiger partial charge in [0.2, 0.25) is 0 Å². The second-order valence-electron chi connectivity index (χ2n) is 8.61. The number of rotatable bonds is 6. The van der Waals surface area contributed by atoms with Gasteiger partial charge in [0.15, 0.2) is 0 Å². The molecule has 0 bridgehead atoms. The third-order valence-electron chi connectivity index (χ3n) is 6.58. The molecule has 2 rings (SSSR count). The Labute approximate surface area is 190 Å². The number of aliphatic carboxylic acids is 2. The molecule has 0 saturated heterocycles. The van der Waals surface area contributed by atoms with Crippen molar-refractivity contribution in [3.8, 4) is 0 Å². The predicted octanol–water partition coefficient (Wildman–Crippen LogP) is 6.68. The molecule has 0 radical (unpaired) electrons. The molecular weight excluding hydrogens is 400 g/mol. The van der Waals surface area contributed by atoms with Gasteiger partial charge in [0, 0.05) is 0 Å². The van der Waals surface area contributed by atoms with Gasteiger partial charge in [-0.25, -0.2) is 9.59 Å². The van der Waals surface area contributed by atoms with E-state index < -0.39 is 11.9 Å². The molecule has 4 heteroatoms. The van der Waals surface area contributed by atoms with Gasteiger partial charge in [0.25, 0.3) is 0 Å². The summed E-state index contributed by atoms with van der Waals surface area (Å²) in [6.07, 6.45) is 0. The first-order chi connectivity index (χ1) is 14.7. The van der Waals surface area contributed by atoms with Crippen molar-refractivity contribution in [2.45, 2.75) is 55.4 Å². The minimum absolute atomic E-state index is 0.223. The molecule has 0 aromatic heterocycles. The normalized spacial score (nSPS) is 11.8. The van der Waals surface area contributed by atoms with Crippen LogP contribution in [-0.2, 0) is 9.59 Å². The molecule has 0 atom stereocenters. The van der Waals surface area contributed by atoms with Crippen LogP contribution in [0.1, 0.15) is 69.5 Å². The minimum atomic E-state index is -1.28. The number of carbonyl (C=O) groups is 2. The van der Waals surface area contributed by atoms with Crippen LogP contribution in [0, 0.1) is 41.5 Å². The first-order valence-electron chi connectivity index (χ1n) is 10.5. The van der Waals surface area contributed by atoms with Crippen LogP contribution < -0.4 is 0 Å². The van der Waals surface area contributed by atoms with Crippen LogP contribution in [-0.4, -0.2) is 22.2 Å². The van der Waals surface area contributed by atoms with Crippen molar-refractivity contribution in [3.05, 3.63) is 80.9 Å². The zero-order valence-electron chi connectivity index (χ0n) is 20.3. The molecule has 0 saturated carbocycles. The fourth-order valence-corrected chi connectivity index (χ4v) is 4.21. The lowest BCUT2D eigenvalue weighted by Gasteiger charge is -2.21. The third kappa shape index (κ3) is 4.18. The Morgan fingerprint density at radius 3 is 1.03 bits per heavy atom. The number of carboxylic acid groups (broad SMARTS) is 2. The fraction of sp³-hybridized carbons (Fsp3) is 0.286. The van der Waals surface area contributed by atoms with Crippen molar-refractivity contribution < 1.29 is 19.8 Å². The Morgan fingerprint density at radius 2 is 0.812 bits per heavy atom. The van der Waals surface area contributed by atoms with Crippen LogP contribution >= 0.6 is 0 Å². The average Bonchev–Trinajstić information content (AvgIpc) is 2.69. The highest BCUT2D eigenvalue weighted by Gasteiger charge is 2.28. The Hall–Kier alpha value is -3.40. The van der Waals surface area contributed by atoms with Gasteiger partial charge in [-0.3, -0.25) is 0 Å². The van der Waals surface area contributed by atoms with Crippen LogP contribution in [0.2, 0.25) is 0 Å². The summed E-state index contributed by atoms with van der Waals surface area (Å²) in [5.74, 6) is -2.56. The molecule has 4 nitrogen and oxygen atoms in total. The van der Waals surface area contributed by atoms with Gasteiger partial charge in [-0.2, -0.15) is 0 Å². The van der Waals surface area contributed by atoms with Gasteiger partial charge < -0.3 is 10.2 Å². The topological polar surface area (TPSA) is 74.6 Å². The van der Waals surface area contributed by atoms with E-state index >= 15 is 0 Å². The molecule has 0 fully saturated rings. The standard InChI is InChI=1S/C28H32O4/c1-13(2)21-11-23(19(9)15(5)17(21)7)25(27(29)30)26(28(31)32)24-12-22(14(3)4)18(8)16(6)20(24)10/h11-12H,1,3H2,2,4-10H3,(H,29,30)(H,31,32). The lowest BCUT2D eigenvalue weighted by Crippen LogP contribution is -2.14. The molecule has 0 aliphatic carbocycles. The Balaban J connectivity index is 3.16. The summed E-state index contributed by atoms with van der Waals surface area (Å²) in [6.45, 7) is 23.2. The van der Waals surface area contributed by atoms with E-state index in [0.717, 1.165) is 55.7 Å². The highest BCUT2D eigenvalue weighted by Crippen LogP contribution is 2.37. The van der Waals surface area contributed by atoms with Gasteiger partial charge in [-0.05, 0) is 123 Å². The van der Waals surface area contributed by atoms with E-state index in [0.29, 0.717) is 11.1 Å². The Kier molecular flexibility index (Phi) is 6.99. The molecule has 0 unspecified atom stereocenters. The van der Waals surface area contributed by atoms with Gasteiger partial charge >= 0.3 is 11.9 Å². The zero-order valence-corrected chi connectivity index (χ0v) is 20.3. The lowest BCUT2D eigenvalue weighted by atomic mass is 9.82. The first kappa shape index (κ1) is 24.9. The van der Waals surface area contributed by atoms with Gasteiger partial charge in [0.1, 0.15) is 0 Å². The maximum Gasteiger partial charge on any atom is 0.337 e. The first-order valence-corrected chi connectivity index (χ1v) is 10.5. The molecule has 168 valence electrons. The molecule has 0 aliphatic heterocycles. The molecule has 0 heterocycles. The maximum absolute atomic E-state index is 12.6. The number of benzene rings is 2. The van der Waals surface area contributed by atoms with Crippen molar-refractivity contribution in [3.63, 3.8) is 0 Å². The van der Waals surface area contributed by atoms with Gasteiger partial charge in [-0.1, -0.05) is 24.3 Å². The molecule has 0 spiro atoms. The fourth-order valence-electron chi connectivity index (χ4n) is 4.21. The third-order valence-corrected chi connectivity index (χ3v) is 6.58. The monoisotopic (exact) mass is 432 g/mol. The van der Waals surface area contributed by atoms with Crippen molar-refractivity contribution in [1.82, 2.24) is 0 Å². The van der Waals surface area contributed by atoms with E-state index in [1.165, 1.54) is 0 Å². The van der Waals surface area contributed by atoms with Crippen LogP contribution in [0.25, 0.3) is 22.3 Å². The van der Waals surface area contributed by atoms with Crippen LogP contribution in [0.5, 0.6) is 0 Å². The van der Waals surface area contributed by atoms with Crippen molar-refractivity contribution in [1.29, 1.82) is 0 Å². The zero-order chi connectivity index (χ0) is 24.7. The highest BCUT2D eigenvalue weighted by molar-refractivity contribution is 6.37. The molecule has 2 aromatic carbocycles. The van der Waals surface area contributed by atoms with E-state index in [1.807, 2.05) is 55.4 Å². The van der Waals surface area contributed by atoms with E-state index in [4.69, 9.17) is 0 Å². The number of carboxylic acids is 2. The largest absolute Gasteiger partial charge is 0.478 e. The minimum Gasteiger partial charge on any atom is -0.478 e. The molecule has 0 aliphatic rings. The van der Waals surface area contributed by atoms with Crippen LogP contribution in [0.15, 0.2) is 25.3 Å². The van der Waals surface area contributed by atoms with Gasteiger partial charge in [0.05, 0.1) is 11.1 Å². The Bertz CT molecular complexity index is 1130. The van der Waals surface area contributed by atoms with E-state index in [1.54, 1.807) is 12.1 Å². The summed E-state index contributed by atoms with van der Waals surface area (Å²) < 4.78 is 0. The summed E-state index contributed by atoms with van der Waals surface area (Å²) in [5.41, 5.74) is 8.91.